The normalized spacial score (nSPS) is 13.0. The number of fused-ring (bicyclic) bond motifs is 1. The first-order valence-electron chi connectivity index (χ1n) is 9.01. The highest BCUT2D eigenvalue weighted by atomic mass is 19.1. The second kappa shape index (κ2) is 6.94. The minimum Gasteiger partial charge on any atom is -0.337 e. The molecular formula is C19H20FN5O2. The fourth-order valence-electron chi connectivity index (χ4n) is 3.39. The van der Waals surface area contributed by atoms with Crippen molar-refractivity contribution in [3.63, 3.8) is 0 Å². The smallest absolute Gasteiger partial charge is 0.274 e. The number of nitrogens with zero attached hydrogens (tertiary/aromatic N) is 5. The third-order valence-electron chi connectivity index (χ3n) is 4.76. The van der Waals surface area contributed by atoms with Crippen LogP contribution in [0, 0.1) is 5.82 Å². The van der Waals surface area contributed by atoms with Gasteiger partial charge < -0.3 is 9.42 Å². The average molecular weight is 369 g/mol. The Balaban J connectivity index is 1.64. The summed E-state index contributed by atoms with van der Waals surface area (Å²) >= 11 is 0. The Morgan fingerprint density at radius 1 is 1.33 bits per heavy atom. The van der Waals surface area contributed by atoms with E-state index in [1.165, 1.54) is 11.0 Å². The van der Waals surface area contributed by atoms with Gasteiger partial charge in [-0.05, 0) is 31.4 Å². The predicted molar refractivity (Wildman–Crippen MR) is 95.0 cm³/mol. The summed E-state index contributed by atoms with van der Waals surface area (Å²) in [7, 11) is 1.67. The van der Waals surface area contributed by atoms with Crippen LogP contribution in [0.3, 0.4) is 0 Å². The van der Waals surface area contributed by atoms with Gasteiger partial charge in [0.05, 0.1) is 0 Å². The third kappa shape index (κ3) is 3.11. The van der Waals surface area contributed by atoms with Crippen molar-refractivity contribution in [1.82, 2.24) is 24.8 Å². The number of hydrogen-bond acceptors (Lipinski definition) is 5. The lowest BCUT2D eigenvalue weighted by molar-refractivity contribution is 0.0762. The number of aromatic nitrogens is 4. The van der Waals surface area contributed by atoms with Gasteiger partial charge in [-0.3, -0.25) is 4.79 Å². The second-order valence-corrected chi connectivity index (χ2v) is 6.61. The molecule has 0 aliphatic heterocycles. The van der Waals surface area contributed by atoms with Crippen LogP contribution in [0.1, 0.15) is 46.8 Å². The molecule has 0 spiro atoms. The highest BCUT2D eigenvalue weighted by Crippen LogP contribution is 2.29. The number of amides is 1. The predicted octanol–water partition coefficient (Wildman–Crippen LogP) is 2.72. The number of halogens is 1. The molecule has 0 fully saturated rings. The molecule has 4 rings (SSSR count). The molecule has 140 valence electrons. The lowest BCUT2D eigenvalue weighted by Gasteiger charge is -2.13. The molecule has 8 heteroatoms. The Bertz CT molecular complexity index is 994. The molecule has 0 bridgehead atoms. The Labute approximate surface area is 155 Å². The van der Waals surface area contributed by atoms with E-state index in [4.69, 9.17) is 4.52 Å². The summed E-state index contributed by atoms with van der Waals surface area (Å²) in [6.45, 7) is 2.13. The lowest BCUT2D eigenvalue weighted by atomic mass is 10.2. The molecule has 1 amide bonds. The molecule has 2 heterocycles. The van der Waals surface area contributed by atoms with Crippen molar-refractivity contribution in [3.8, 4) is 5.69 Å². The standard InChI is InChI=1S/C19H20FN5O2/c1-3-16-21-17(27-23-16)11-24(2)19(26)18-12-7-6-10-14(12)25(22-18)15-9-5-4-8-13(15)20/h4-5,8-9H,3,6-7,10-11H2,1-2H3. The van der Waals surface area contributed by atoms with Crippen LogP contribution >= 0.6 is 0 Å². The molecule has 1 aromatic carbocycles. The van der Waals surface area contributed by atoms with Crippen LogP contribution in [-0.4, -0.2) is 37.8 Å². The summed E-state index contributed by atoms with van der Waals surface area (Å²) in [5.41, 5.74) is 2.53. The Kier molecular flexibility index (Phi) is 4.47. The Morgan fingerprint density at radius 2 is 2.15 bits per heavy atom. The van der Waals surface area contributed by atoms with Crippen LogP contribution < -0.4 is 0 Å². The van der Waals surface area contributed by atoms with Gasteiger partial charge in [-0.1, -0.05) is 24.2 Å². The summed E-state index contributed by atoms with van der Waals surface area (Å²) in [6, 6.07) is 6.46. The van der Waals surface area contributed by atoms with Crippen molar-refractivity contribution >= 4 is 5.91 Å². The van der Waals surface area contributed by atoms with Gasteiger partial charge in [-0.25, -0.2) is 9.07 Å². The zero-order chi connectivity index (χ0) is 19.0. The molecular weight excluding hydrogens is 349 g/mol. The van der Waals surface area contributed by atoms with Crippen molar-refractivity contribution < 1.29 is 13.7 Å². The van der Waals surface area contributed by atoms with Gasteiger partial charge in [0, 0.05) is 24.7 Å². The van der Waals surface area contributed by atoms with E-state index in [1.807, 2.05) is 6.92 Å². The van der Waals surface area contributed by atoms with Crippen molar-refractivity contribution in [3.05, 3.63) is 58.7 Å². The molecule has 0 saturated carbocycles. The van der Waals surface area contributed by atoms with E-state index in [2.05, 4.69) is 15.2 Å². The van der Waals surface area contributed by atoms with Crippen LogP contribution in [0.2, 0.25) is 0 Å². The van der Waals surface area contributed by atoms with Crippen molar-refractivity contribution in [1.29, 1.82) is 0 Å². The van der Waals surface area contributed by atoms with Crippen LogP contribution in [0.25, 0.3) is 5.69 Å². The molecule has 0 saturated heterocycles. The summed E-state index contributed by atoms with van der Waals surface area (Å²) < 4.78 is 21.0. The van der Waals surface area contributed by atoms with Gasteiger partial charge in [0.1, 0.15) is 18.0 Å². The molecule has 0 unspecified atom stereocenters. The Morgan fingerprint density at radius 3 is 2.89 bits per heavy atom. The fraction of sp³-hybridized carbons (Fsp3) is 0.368. The highest BCUT2D eigenvalue weighted by molar-refractivity contribution is 5.94. The number of carbonyl (C=O) groups is 1. The van der Waals surface area contributed by atoms with E-state index < -0.39 is 0 Å². The summed E-state index contributed by atoms with van der Waals surface area (Å²) in [6.07, 6.45) is 3.13. The van der Waals surface area contributed by atoms with Gasteiger partial charge in [-0.15, -0.1) is 0 Å². The van der Waals surface area contributed by atoms with E-state index in [9.17, 15) is 9.18 Å². The van der Waals surface area contributed by atoms with E-state index in [0.29, 0.717) is 29.5 Å². The molecule has 0 N–H and O–H groups in total. The molecule has 1 aliphatic carbocycles. The maximum absolute atomic E-state index is 14.3. The lowest BCUT2D eigenvalue weighted by Crippen LogP contribution is -2.27. The van der Waals surface area contributed by atoms with E-state index >= 15 is 0 Å². The number of carbonyl (C=O) groups excluding carboxylic acids is 1. The topological polar surface area (TPSA) is 77.0 Å². The minimum absolute atomic E-state index is 0.202. The monoisotopic (exact) mass is 369 g/mol. The van der Waals surface area contributed by atoms with Crippen LogP contribution in [0.15, 0.2) is 28.8 Å². The Hall–Kier alpha value is -3.03. The van der Waals surface area contributed by atoms with Crippen molar-refractivity contribution in [2.75, 3.05) is 7.05 Å². The maximum atomic E-state index is 14.3. The SMILES string of the molecule is CCc1noc(CN(C)C(=O)c2nn(-c3ccccc3F)c3c2CCC3)n1. The van der Waals surface area contributed by atoms with Gasteiger partial charge >= 0.3 is 0 Å². The quantitative estimate of drug-likeness (QED) is 0.691. The molecule has 1 aliphatic rings. The van der Waals surface area contributed by atoms with Crippen LogP contribution in [0.4, 0.5) is 4.39 Å². The van der Waals surface area contributed by atoms with E-state index in [-0.39, 0.29) is 18.3 Å². The molecule has 3 aromatic rings. The van der Waals surface area contributed by atoms with Crippen molar-refractivity contribution in [2.45, 2.75) is 39.2 Å². The van der Waals surface area contributed by atoms with E-state index in [0.717, 1.165) is 30.5 Å². The van der Waals surface area contributed by atoms with Gasteiger partial charge in [0.15, 0.2) is 11.5 Å². The maximum Gasteiger partial charge on any atom is 0.274 e. The first-order valence-corrected chi connectivity index (χ1v) is 9.01. The molecule has 0 atom stereocenters. The number of rotatable bonds is 5. The molecule has 27 heavy (non-hydrogen) atoms. The first kappa shape index (κ1) is 17.4. The second-order valence-electron chi connectivity index (χ2n) is 6.61. The minimum atomic E-state index is -0.361. The fourth-order valence-corrected chi connectivity index (χ4v) is 3.39. The third-order valence-corrected chi connectivity index (χ3v) is 4.76. The highest BCUT2D eigenvalue weighted by Gasteiger charge is 2.29. The zero-order valence-electron chi connectivity index (χ0n) is 15.3. The van der Waals surface area contributed by atoms with Gasteiger partial charge in [-0.2, -0.15) is 10.1 Å². The number of benzene rings is 1. The first-order chi connectivity index (χ1) is 13.1. The van der Waals surface area contributed by atoms with E-state index in [1.54, 1.807) is 29.9 Å². The summed E-state index contributed by atoms with van der Waals surface area (Å²) in [5.74, 6) is 0.392. The molecule has 7 nitrogen and oxygen atoms in total. The van der Waals surface area contributed by atoms with Gasteiger partial charge in [0.25, 0.3) is 5.91 Å². The number of aryl methyl sites for hydroxylation is 1. The summed E-state index contributed by atoms with van der Waals surface area (Å²) in [5, 5.41) is 8.31. The van der Waals surface area contributed by atoms with Gasteiger partial charge in [0.2, 0.25) is 5.89 Å². The largest absolute Gasteiger partial charge is 0.337 e. The van der Waals surface area contributed by atoms with Crippen molar-refractivity contribution in [2.24, 2.45) is 0 Å². The molecule has 0 radical (unpaired) electrons. The summed E-state index contributed by atoms with van der Waals surface area (Å²) in [4.78, 5) is 18.7. The number of para-hydroxylation sites is 1. The van der Waals surface area contributed by atoms with Crippen LogP contribution in [0.5, 0.6) is 0 Å². The average Bonchev–Trinajstić information content (AvgIpc) is 3.38. The molecule has 2 aromatic heterocycles. The van der Waals surface area contributed by atoms with Crippen LogP contribution in [-0.2, 0) is 25.8 Å². The number of hydrogen-bond donors (Lipinski definition) is 0. The zero-order valence-corrected chi connectivity index (χ0v) is 15.3.